The molecule has 1 N–H and O–H groups in total. The first-order valence-electron chi connectivity index (χ1n) is 6.01. The first-order valence-corrected chi connectivity index (χ1v) is 7.18. The zero-order chi connectivity index (χ0) is 15.2. The molecule has 0 saturated heterocycles. The number of hydrogen-bond acceptors (Lipinski definition) is 4. The monoisotopic (exact) mass is 370 g/mol. The molecule has 0 fully saturated rings. The molecule has 5 nitrogen and oxygen atoms in total. The molecule has 1 heterocycles. The van der Waals surface area contributed by atoms with Crippen molar-refractivity contribution in [2.75, 3.05) is 6.61 Å². The Bertz CT molecular complexity index is 670. The summed E-state index contributed by atoms with van der Waals surface area (Å²) in [7, 11) is 0. The van der Waals surface area contributed by atoms with Crippen LogP contribution in [0.4, 0.5) is 0 Å². The number of rotatable bonds is 5. The zero-order valence-corrected chi connectivity index (χ0v) is 13.4. The fourth-order valence-electron chi connectivity index (χ4n) is 1.45. The molecule has 0 saturated carbocycles. The fraction of sp³-hybridized carbons (Fsp3) is 0.143. The summed E-state index contributed by atoms with van der Waals surface area (Å²) in [6.07, 6.45) is 1.40. The van der Waals surface area contributed by atoms with Crippen molar-refractivity contribution in [2.45, 2.75) is 6.92 Å². The summed E-state index contributed by atoms with van der Waals surface area (Å²) in [6.45, 7) is 1.72. The predicted molar refractivity (Wildman–Crippen MR) is 83.8 cm³/mol. The van der Waals surface area contributed by atoms with E-state index in [9.17, 15) is 4.79 Å². The maximum absolute atomic E-state index is 11.5. The molecule has 0 aliphatic rings. The molecule has 1 amide bonds. The third kappa shape index (κ3) is 4.91. The lowest BCUT2D eigenvalue weighted by Gasteiger charge is -2.06. The Kier molecular flexibility index (Phi) is 5.41. The molecule has 7 heteroatoms. The number of nitrogens with one attached hydrogen (secondary N) is 1. The highest BCUT2D eigenvalue weighted by Gasteiger charge is 2.03. The number of carbonyl (C=O) groups is 1. The summed E-state index contributed by atoms with van der Waals surface area (Å²) < 4.78 is 11.1. The molecule has 0 bridgehead atoms. The van der Waals surface area contributed by atoms with Gasteiger partial charge in [-0.15, -0.1) is 0 Å². The number of halogens is 2. The van der Waals surface area contributed by atoms with Gasteiger partial charge in [-0.1, -0.05) is 11.6 Å². The molecule has 1 aromatic heterocycles. The molecule has 2 aromatic rings. The Hall–Kier alpha value is -1.79. The minimum atomic E-state index is -0.371. The summed E-state index contributed by atoms with van der Waals surface area (Å²) in [5.41, 5.74) is 3.23. The number of nitrogens with zero attached hydrogens (tertiary/aromatic N) is 1. The van der Waals surface area contributed by atoms with Gasteiger partial charge in [0.2, 0.25) is 0 Å². The average molecular weight is 372 g/mol. The number of hydrogen-bond donors (Lipinski definition) is 1. The van der Waals surface area contributed by atoms with Crippen LogP contribution in [0, 0.1) is 6.92 Å². The van der Waals surface area contributed by atoms with Gasteiger partial charge in [-0.3, -0.25) is 4.79 Å². The van der Waals surface area contributed by atoms with Gasteiger partial charge in [-0.25, -0.2) is 5.43 Å². The van der Waals surface area contributed by atoms with Crippen LogP contribution in [0.2, 0.25) is 5.02 Å². The maximum atomic E-state index is 11.5. The fourth-order valence-corrected chi connectivity index (χ4v) is 1.89. The summed E-state index contributed by atoms with van der Waals surface area (Å²) in [5.74, 6) is 0.729. The molecule has 1 aromatic carbocycles. The van der Waals surface area contributed by atoms with Crippen molar-refractivity contribution in [1.29, 1.82) is 0 Å². The van der Waals surface area contributed by atoms with Crippen molar-refractivity contribution in [3.8, 4) is 5.75 Å². The summed E-state index contributed by atoms with van der Waals surface area (Å²) in [5, 5.41) is 4.41. The van der Waals surface area contributed by atoms with Gasteiger partial charge in [0.25, 0.3) is 5.91 Å². The Morgan fingerprint density at radius 2 is 2.29 bits per heavy atom. The summed E-state index contributed by atoms with van der Waals surface area (Å²) in [6, 6.07) is 8.63. The quantitative estimate of drug-likeness (QED) is 0.646. The lowest BCUT2D eigenvalue weighted by molar-refractivity contribution is -0.123. The molecule has 110 valence electrons. The topological polar surface area (TPSA) is 63.8 Å². The molecule has 0 aliphatic carbocycles. The maximum Gasteiger partial charge on any atom is 0.277 e. The minimum Gasteiger partial charge on any atom is -0.484 e. The van der Waals surface area contributed by atoms with Crippen molar-refractivity contribution in [2.24, 2.45) is 5.10 Å². The number of benzene rings is 1. The highest BCUT2D eigenvalue weighted by Crippen LogP contribution is 2.20. The predicted octanol–water partition coefficient (Wildman–Crippen LogP) is 3.53. The second-order valence-corrected chi connectivity index (χ2v) is 5.32. The normalized spacial score (nSPS) is 10.8. The largest absolute Gasteiger partial charge is 0.484 e. The van der Waals surface area contributed by atoms with E-state index in [0.717, 1.165) is 5.56 Å². The lowest BCUT2D eigenvalue weighted by Crippen LogP contribution is -2.24. The van der Waals surface area contributed by atoms with Crippen molar-refractivity contribution in [3.05, 3.63) is 51.3 Å². The van der Waals surface area contributed by atoms with Crippen molar-refractivity contribution in [1.82, 2.24) is 5.43 Å². The van der Waals surface area contributed by atoms with E-state index in [1.165, 1.54) is 6.21 Å². The third-order valence-corrected chi connectivity index (χ3v) is 3.32. The van der Waals surface area contributed by atoms with Crippen molar-refractivity contribution in [3.63, 3.8) is 0 Å². The Balaban J connectivity index is 1.79. The van der Waals surface area contributed by atoms with Crippen LogP contribution >= 0.6 is 27.5 Å². The van der Waals surface area contributed by atoms with E-state index in [4.69, 9.17) is 20.8 Å². The lowest BCUT2D eigenvalue weighted by atomic mass is 10.2. The van der Waals surface area contributed by atoms with E-state index in [1.807, 2.05) is 6.92 Å². The number of amides is 1. The Morgan fingerprint density at radius 1 is 1.48 bits per heavy atom. The highest BCUT2D eigenvalue weighted by atomic mass is 79.9. The third-order valence-electron chi connectivity index (χ3n) is 2.47. The van der Waals surface area contributed by atoms with Crippen LogP contribution in [-0.2, 0) is 4.79 Å². The van der Waals surface area contributed by atoms with E-state index in [0.29, 0.717) is 21.2 Å². The van der Waals surface area contributed by atoms with Crippen molar-refractivity contribution < 1.29 is 13.9 Å². The molecular formula is C14H12BrClN2O3. The summed E-state index contributed by atoms with van der Waals surface area (Å²) >= 11 is 9.08. The number of ether oxygens (including phenoxy) is 1. The second-order valence-electron chi connectivity index (χ2n) is 4.13. The van der Waals surface area contributed by atoms with Gasteiger partial charge in [0, 0.05) is 5.02 Å². The van der Waals surface area contributed by atoms with Crippen molar-refractivity contribution >= 4 is 39.7 Å². The average Bonchev–Trinajstić information content (AvgIpc) is 2.86. The number of hydrazone groups is 1. The zero-order valence-electron chi connectivity index (χ0n) is 11.1. The molecule has 0 unspecified atom stereocenters. The van der Waals surface area contributed by atoms with Crippen LogP contribution in [0.1, 0.15) is 11.3 Å². The van der Waals surface area contributed by atoms with E-state index < -0.39 is 0 Å². The van der Waals surface area contributed by atoms with Gasteiger partial charge in [-0.05, 0) is 58.7 Å². The van der Waals surface area contributed by atoms with Gasteiger partial charge < -0.3 is 9.15 Å². The molecule has 0 spiro atoms. The number of furan rings is 1. The second kappa shape index (κ2) is 7.28. The van der Waals surface area contributed by atoms with E-state index in [2.05, 4.69) is 26.5 Å². The molecule has 21 heavy (non-hydrogen) atoms. The molecule has 0 aliphatic heterocycles. The standard InChI is InChI=1S/C14H12BrClN2O3/c1-9-6-10(2-4-12(9)16)20-8-14(19)18-17-7-11-3-5-13(15)21-11/h2-7H,8H2,1H3,(H,18,19). The Labute approximate surface area is 135 Å². The first-order chi connectivity index (χ1) is 10.0. The highest BCUT2D eigenvalue weighted by molar-refractivity contribution is 9.10. The van der Waals surface area contributed by atoms with Gasteiger partial charge in [-0.2, -0.15) is 5.10 Å². The van der Waals surface area contributed by atoms with Crippen LogP contribution in [0.5, 0.6) is 5.75 Å². The van der Waals surface area contributed by atoms with Crippen LogP contribution in [0.3, 0.4) is 0 Å². The first kappa shape index (κ1) is 15.6. The summed E-state index contributed by atoms with van der Waals surface area (Å²) in [4.78, 5) is 11.5. The van der Waals surface area contributed by atoms with Gasteiger partial charge in [0.05, 0.1) is 6.21 Å². The van der Waals surface area contributed by atoms with E-state index in [-0.39, 0.29) is 12.5 Å². The molecule has 0 atom stereocenters. The van der Waals surface area contributed by atoms with Crippen LogP contribution in [-0.4, -0.2) is 18.7 Å². The minimum absolute atomic E-state index is 0.139. The van der Waals surface area contributed by atoms with E-state index in [1.54, 1.807) is 30.3 Å². The van der Waals surface area contributed by atoms with Crippen LogP contribution < -0.4 is 10.2 Å². The molecule has 2 rings (SSSR count). The Morgan fingerprint density at radius 3 is 2.95 bits per heavy atom. The SMILES string of the molecule is Cc1cc(OCC(=O)NN=Cc2ccc(Br)o2)ccc1Cl. The number of aryl methyl sites for hydroxylation is 1. The van der Waals surface area contributed by atoms with Gasteiger partial charge in [0.1, 0.15) is 11.5 Å². The van der Waals surface area contributed by atoms with Crippen LogP contribution in [0.15, 0.2) is 44.5 Å². The van der Waals surface area contributed by atoms with Gasteiger partial charge >= 0.3 is 0 Å². The van der Waals surface area contributed by atoms with E-state index >= 15 is 0 Å². The van der Waals surface area contributed by atoms with Crippen LogP contribution in [0.25, 0.3) is 0 Å². The smallest absolute Gasteiger partial charge is 0.277 e. The number of carbonyl (C=O) groups excluding carboxylic acids is 1. The van der Waals surface area contributed by atoms with Gasteiger partial charge in [0.15, 0.2) is 11.3 Å². The molecular weight excluding hydrogens is 360 g/mol. The molecule has 0 radical (unpaired) electrons.